The molecule has 1 aliphatic heterocycles. The number of nitrogens with one attached hydrogen (secondary N) is 1. The Kier molecular flexibility index (Phi) is 3.60. The molecule has 2 rings (SSSR count). The van der Waals surface area contributed by atoms with Crippen LogP contribution in [0.25, 0.3) is 0 Å². The fourth-order valence-electron chi connectivity index (χ4n) is 2.43. The Morgan fingerprint density at radius 2 is 1.84 bits per heavy atom. The zero-order chi connectivity index (χ0) is 14.0. The average Bonchev–Trinajstić information content (AvgIpc) is 2.40. The lowest BCUT2D eigenvalue weighted by Gasteiger charge is -2.47. The van der Waals surface area contributed by atoms with Crippen LogP contribution in [0.15, 0.2) is 24.3 Å². The average molecular weight is 261 g/mol. The van der Waals surface area contributed by atoms with E-state index in [9.17, 15) is 9.59 Å². The number of rotatable bonds is 5. The predicted molar refractivity (Wildman–Crippen MR) is 72.0 cm³/mol. The first-order valence-corrected chi connectivity index (χ1v) is 6.62. The third kappa shape index (κ3) is 2.23. The van der Waals surface area contributed by atoms with Gasteiger partial charge in [-0.15, -0.1) is 0 Å². The molecule has 102 valence electrons. The largest absolute Gasteiger partial charge is 0.470 e. The Morgan fingerprint density at radius 1 is 1.26 bits per heavy atom. The Morgan fingerprint density at radius 3 is 2.26 bits per heavy atom. The molecule has 1 amide bonds. The van der Waals surface area contributed by atoms with Crippen LogP contribution in [0.3, 0.4) is 0 Å². The van der Waals surface area contributed by atoms with Crippen LogP contribution in [0, 0.1) is 5.41 Å². The topological polar surface area (TPSA) is 55.4 Å². The minimum Gasteiger partial charge on any atom is -0.470 e. The highest BCUT2D eigenvalue weighted by Crippen LogP contribution is 2.39. The van der Waals surface area contributed by atoms with Crippen molar-refractivity contribution in [2.75, 3.05) is 0 Å². The molecule has 1 unspecified atom stereocenters. The summed E-state index contributed by atoms with van der Waals surface area (Å²) >= 11 is 0. The van der Waals surface area contributed by atoms with E-state index in [1.807, 2.05) is 13.8 Å². The Hall–Kier alpha value is -1.84. The molecular weight excluding hydrogens is 242 g/mol. The number of ketones is 1. The van der Waals surface area contributed by atoms with Crippen LogP contribution in [0.1, 0.15) is 44.0 Å². The van der Waals surface area contributed by atoms with Crippen LogP contribution in [0.5, 0.6) is 5.75 Å². The number of β-lactam (4-membered cyclic amide) rings is 1. The van der Waals surface area contributed by atoms with E-state index in [1.165, 1.54) is 6.92 Å². The van der Waals surface area contributed by atoms with E-state index >= 15 is 0 Å². The fourth-order valence-corrected chi connectivity index (χ4v) is 2.43. The van der Waals surface area contributed by atoms with E-state index in [4.69, 9.17) is 4.74 Å². The van der Waals surface area contributed by atoms with Gasteiger partial charge in [-0.05, 0) is 44.0 Å². The lowest BCUT2D eigenvalue weighted by atomic mass is 9.73. The lowest BCUT2D eigenvalue weighted by molar-refractivity contribution is -0.161. The standard InChI is InChI=1S/C15H19NO3/c1-4-15(5-2)13(18)16-14(15)19-12-8-6-11(7-9-12)10(3)17/h6-9,14H,4-5H2,1-3H3,(H,16,18). The highest BCUT2D eigenvalue weighted by atomic mass is 16.5. The van der Waals surface area contributed by atoms with Crippen molar-refractivity contribution in [1.82, 2.24) is 5.32 Å². The zero-order valence-electron chi connectivity index (χ0n) is 11.5. The first-order valence-electron chi connectivity index (χ1n) is 6.62. The molecule has 1 fully saturated rings. The molecular formula is C15H19NO3. The molecule has 4 heteroatoms. The van der Waals surface area contributed by atoms with Gasteiger partial charge in [0.25, 0.3) is 0 Å². The SMILES string of the molecule is CCC1(CC)C(=O)NC1Oc1ccc(C(C)=O)cc1. The first-order chi connectivity index (χ1) is 9.03. The summed E-state index contributed by atoms with van der Waals surface area (Å²) in [5, 5.41) is 2.79. The summed E-state index contributed by atoms with van der Waals surface area (Å²) in [6.07, 6.45) is 1.23. The molecule has 0 radical (unpaired) electrons. The van der Waals surface area contributed by atoms with Crippen molar-refractivity contribution >= 4 is 11.7 Å². The highest BCUT2D eigenvalue weighted by molar-refractivity contribution is 5.94. The summed E-state index contributed by atoms with van der Waals surface area (Å²) in [5.41, 5.74) is 0.237. The van der Waals surface area contributed by atoms with E-state index in [0.717, 1.165) is 12.8 Å². The van der Waals surface area contributed by atoms with Crippen molar-refractivity contribution in [2.24, 2.45) is 5.41 Å². The van der Waals surface area contributed by atoms with Gasteiger partial charge in [-0.3, -0.25) is 9.59 Å². The van der Waals surface area contributed by atoms with Crippen molar-refractivity contribution in [3.8, 4) is 5.75 Å². The van der Waals surface area contributed by atoms with Gasteiger partial charge in [-0.2, -0.15) is 0 Å². The number of benzene rings is 1. The third-order valence-electron chi connectivity index (χ3n) is 3.99. The molecule has 1 N–H and O–H groups in total. The van der Waals surface area contributed by atoms with E-state index < -0.39 is 5.41 Å². The number of ether oxygens (including phenoxy) is 1. The van der Waals surface area contributed by atoms with Gasteiger partial charge in [0.1, 0.15) is 11.2 Å². The Bertz CT molecular complexity index is 489. The first kappa shape index (κ1) is 13.6. The summed E-state index contributed by atoms with van der Waals surface area (Å²) < 4.78 is 5.81. The number of Topliss-reactive ketones (excluding diaryl/α,β-unsaturated/α-hetero) is 1. The predicted octanol–water partition coefficient (Wildman–Crippen LogP) is 2.53. The van der Waals surface area contributed by atoms with Crippen LogP contribution in [-0.2, 0) is 4.79 Å². The van der Waals surface area contributed by atoms with Gasteiger partial charge in [-0.1, -0.05) is 13.8 Å². The van der Waals surface area contributed by atoms with Crippen LogP contribution in [-0.4, -0.2) is 17.9 Å². The van der Waals surface area contributed by atoms with E-state index in [1.54, 1.807) is 24.3 Å². The molecule has 1 aromatic carbocycles. The number of carbonyl (C=O) groups excluding carboxylic acids is 2. The van der Waals surface area contributed by atoms with Crippen LogP contribution in [0.2, 0.25) is 0 Å². The number of carbonyl (C=O) groups is 2. The highest BCUT2D eigenvalue weighted by Gasteiger charge is 2.54. The lowest BCUT2D eigenvalue weighted by Crippen LogP contribution is -2.69. The number of hydrogen-bond acceptors (Lipinski definition) is 3. The van der Waals surface area contributed by atoms with Gasteiger partial charge in [-0.25, -0.2) is 0 Å². The molecule has 4 nitrogen and oxygen atoms in total. The van der Waals surface area contributed by atoms with Crippen LogP contribution < -0.4 is 10.1 Å². The van der Waals surface area contributed by atoms with Crippen LogP contribution in [0.4, 0.5) is 0 Å². The molecule has 0 bridgehead atoms. The van der Waals surface area contributed by atoms with Gasteiger partial charge in [0.05, 0.1) is 0 Å². The van der Waals surface area contributed by atoms with Gasteiger partial charge in [0.15, 0.2) is 12.0 Å². The molecule has 1 aromatic rings. The maximum atomic E-state index is 11.7. The second-order valence-corrected chi connectivity index (χ2v) is 4.92. The van der Waals surface area contributed by atoms with Crippen LogP contribution >= 0.6 is 0 Å². The second-order valence-electron chi connectivity index (χ2n) is 4.92. The Labute approximate surface area is 113 Å². The van der Waals surface area contributed by atoms with Crippen molar-refractivity contribution < 1.29 is 14.3 Å². The molecule has 19 heavy (non-hydrogen) atoms. The van der Waals surface area contributed by atoms with Gasteiger partial charge < -0.3 is 10.1 Å². The summed E-state index contributed by atoms with van der Waals surface area (Å²) in [6, 6.07) is 6.99. The monoisotopic (exact) mass is 261 g/mol. The Balaban J connectivity index is 2.10. The third-order valence-corrected chi connectivity index (χ3v) is 3.99. The zero-order valence-corrected chi connectivity index (χ0v) is 11.5. The molecule has 0 saturated carbocycles. The van der Waals surface area contributed by atoms with E-state index in [0.29, 0.717) is 11.3 Å². The van der Waals surface area contributed by atoms with Gasteiger partial charge in [0.2, 0.25) is 5.91 Å². The van der Waals surface area contributed by atoms with Crippen molar-refractivity contribution in [3.05, 3.63) is 29.8 Å². The number of hydrogen-bond donors (Lipinski definition) is 1. The normalized spacial score (nSPS) is 20.4. The molecule has 1 saturated heterocycles. The van der Waals surface area contributed by atoms with E-state index in [2.05, 4.69) is 5.32 Å². The maximum absolute atomic E-state index is 11.7. The second kappa shape index (κ2) is 5.03. The quantitative estimate of drug-likeness (QED) is 0.654. The number of amides is 1. The molecule has 0 aliphatic carbocycles. The van der Waals surface area contributed by atoms with Gasteiger partial charge >= 0.3 is 0 Å². The summed E-state index contributed by atoms with van der Waals surface area (Å²) in [6.45, 7) is 5.52. The minimum atomic E-state index is -0.417. The smallest absolute Gasteiger partial charge is 0.234 e. The summed E-state index contributed by atoms with van der Waals surface area (Å²) in [5.74, 6) is 0.754. The summed E-state index contributed by atoms with van der Waals surface area (Å²) in [4.78, 5) is 22.9. The molecule has 0 spiro atoms. The maximum Gasteiger partial charge on any atom is 0.234 e. The van der Waals surface area contributed by atoms with E-state index in [-0.39, 0.29) is 17.9 Å². The summed E-state index contributed by atoms with van der Waals surface area (Å²) in [7, 11) is 0. The molecule has 1 aliphatic rings. The molecule has 0 aromatic heterocycles. The van der Waals surface area contributed by atoms with Crippen molar-refractivity contribution in [2.45, 2.75) is 39.8 Å². The van der Waals surface area contributed by atoms with Gasteiger partial charge in [0, 0.05) is 5.56 Å². The fraction of sp³-hybridized carbons (Fsp3) is 0.467. The molecule has 1 heterocycles. The van der Waals surface area contributed by atoms with Crippen molar-refractivity contribution in [3.63, 3.8) is 0 Å². The minimum absolute atomic E-state index is 0.0277. The van der Waals surface area contributed by atoms with Crippen molar-refractivity contribution in [1.29, 1.82) is 0 Å². The molecule has 1 atom stereocenters.